The highest BCUT2D eigenvalue weighted by Gasteiger charge is 2.09. The molecule has 0 atom stereocenters. The number of hydrogen-bond donors (Lipinski definition) is 1. The van der Waals surface area contributed by atoms with Crippen molar-refractivity contribution < 1.29 is 4.74 Å². The molecule has 0 heterocycles. The van der Waals surface area contributed by atoms with Crippen LogP contribution in [0.2, 0.25) is 0 Å². The van der Waals surface area contributed by atoms with Gasteiger partial charge in [0, 0.05) is 16.8 Å². The molecule has 2 aromatic carbocycles. The highest BCUT2D eigenvalue weighted by Crippen LogP contribution is 2.34. The third kappa shape index (κ3) is 2.65. The maximum absolute atomic E-state index is 6.10. The van der Waals surface area contributed by atoms with Crippen LogP contribution in [0.25, 0.3) is 11.1 Å². The van der Waals surface area contributed by atoms with E-state index in [0.717, 1.165) is 22.6 Å². The first-order valence-corrected chi connectivity index (χ1v) is 6.20. The molecule has 0 aliphatic carbocycles. The van der Waals surface area contributed by atoms with Crippen LogP contribution < -0.4 is 10.5 Å². The van der Waals surface area contributed by atoms with Crippen molar-refractivity contribution in [2.45, 2.75) is 26.9 Å². The summed E-state index contributed by atoms with van der Waals surface area (Å²) in [5.74, 6) is 0.878. The predicted octanol–water partition coefficient (Wildman–Crippen LogP) is 4.03. The van der Waals surface area contributed by atoms with Crippen LogP contribution in [0.1, 0.15) is 19.4 Å². The molecule has 0 unspecified atom stereocenters. The second-order valence-electron chi connectivity index (χ2n) is 4.75. The van der Waals surface area contributed by atoms with Gasteiger partial charge in [0.05, 0.1) is 6.10 Å². The molecular weight excluding hydrogens is 222 g/mol. The van der Waals surface area contributed by atoms with Crippen molar-refractivity contribution in [2.24, 2.45) is 0 Å². The SMILES string of the molecule is Cc1ccc(-c2ccccc2OC(C)C)c(N)c1. The van der Waals surface area contributed by atoms with E-state index in [4.69, 9.17) is 10.5 Å². The fraction of sp³-hybridized carbons (Fsp3) is 0.250. The number of nitrogens with two attached hydrogens (primary N) is 1. The van der Waals surface area contributed by atoms with Gasteiger partial charge in [-0.3, -0.25) is 0 Å². The minimum Gasteiger partial charge on any atom is -0.490 e. The summed E-state index contributed by atoms with van der Waals surface area (Å²) in [5, 5.41) is 0. The number of benzene rings is 2. The first-order chi connectivity index (χ1) is 8.58. The average molecular weight is 241 g/mol. The Labute approximate surface area is 108 Å². The molecule has 0 saturated carbocycles. The third-order valence-electron chi connectivity index (χ3n) is 2.75. The van der Waals surface area contributed by atoms with Crippen molar-refractivity contribution in [3.8, 4) is 16.9 Å². The summed E-state index contributed by atoms with van der Waals surface area (Å²) in [7, 11) is 0. The summed E-state index contributed by atoms with van der Waals surface area (Å²) in [6.07, 6.45) is 0.151. The molecule has 0 aliphatic heterocycles. The van der Waals surface area contributed by atoms with Gasteiger partial charge in [-0.25, -0.2) is 0 Å². The van der Waals surface area contributed by atoms with E-state index in [2.05, 4.69) is 6.07 Å². The topological polar surface area (TPSA) is 35.2 Å². The average Bonchev–Trinajstić information content (AvgIpc) is 2.30. The molecule has 0 saturated heterocycles. The van der Waals surface area contributed by atoms with Crippen molar-refractivity contribution in [1.29, 1.82) is 0 Å². The Morgan fingerprint density at radius 1 is 1.00 bits per heavy atom. The Kier molecular flexibility index (Phi) is 3.56. The fourth-order valence-electron chi connectivity index (χ4n) is 1.97. The van der Waals surface area contributed by atoms with Crippen molar-refractivity contribution in [3.05, 3.63) is 48.0 Å². The van der Waals surface area contributed by atoms with Gasteiger partial charge in [-0.1, -0.05) is 30.3 Å². The Hall–Kier alpha value is -1.96. The van der Waals surface area contributed by atoms with Crippen molar-refractivity contribution >= 4 is 5.69 Å². The van der Waals surface area contributed by atoms with E-state index >= 15 is 0 Å². The first kappa shape index (κ1) is 12.5. The molecule has 0 fully saturated rings. The molecule has 0 aliphatic rings. The molecular formula is C16H19NO. The number of nitrogen functional groups attached to an aromatic ring is 1. The summed E-state index contributed by atoms with van der Waals surface area (Å²) in [4.78, 5) is 0. The minimum absolute atomic E-state index is 0.151. The lowest BCUT2D eigenvalue weighted by molar-refractivity contribution is 0.243. The van der Waals surface area contributed by atoms with Crippen LogP contribution in [0.5, 0.6) is 5.75 Å². The van der Waals surface area contributed by atoms with Crippen LogP contribution in [0, 0.1) is 6.92 Å². The second kappa shape index (κ2) is 5.13. The van der Waals surface area contributed by atoms with Gasteiger partial charge in [0.25, 0.3) is 0 Å². The van der Waals surface area contributed by atoms with Gasteiger partial charge < -0.3 is 10.5 Å². The Bertz CT molecular complexity index is 547. The molecule has 0 spiro atoms. The molecule has 0 amide bonds. The largest absolute Gasteiger partial charge is 0.490 e. The van der Waals surface area contributed by atoms with E-state index in [1.807, 2.05) is 57.2 Å². The van der Waals surface area contributed by atoms with E-state index in [1.54, 1.807) is 0 Å². The van der Waals surface area contributed by atoms with Gasteiger partial charge in [-0.05, 0) is 38.5 Å². The molecule has 2 N–H and O–H groups in total. The van der Waals surface area contributed by atoms with Crippen LogP contribution in [0.15, 0.2) is 42.5 Å². The normalized spacial score (nSPS) is 10.7. The van der Waals surface area contributed by atoms with Crippen molar-refractivity contribution in [3.63, 3.8) is 0 Å². The number of rotatable bonds is 3. The number of anilines is 1. The lowest BCUT2D eigenvalue weighted by Crippen LogP contribution is -2.06. The highest BCUT2D eigenvalue weighted by atomic mass is 16.5. The zero-order valence-corrected chi connectivity index (χ0v) is 11.1. The molecule has 0 radical (unpaired) electrons. The highest BCUT2D eigenvalue weighted by molar-refractivity contribution is 5.80. The molecule has 2 rings (SSSR count). The van der Waals surface area contributed by atoms with E-state index in [0.29, 0.717) is 0 Å². The molecule has 18 heavy (non-hydrogen) atoms. The van der Waals surface area contributed by atoms with Gasteiger partial charge in [0.15, 0.2) is 0 Å². The van der Waals surface area contributed by atoms with Gasteiger partial charge in [-0.15, -0.1) is 0 Å². The zero-order valence-electron chi connectivity index (χ0n) is 11.1. The molecule has 2 aromatic rings. The van der Waals surface area contributed by atoms with Gasteiger partial charge in [0.1, 0.15) is 5.75 Å². The first-order valence-electron chi connectivity index (χ1n) is 6.20. The van der Waals surface area contributed by atoms with E-state index in [-0.39, 0.29) is 6.10 Å². The molecule has 0 bridgehead atoms. The van der Waals surface area contributed by atoms with Crippen LogP contribution in [0.4, 0.5) is 5.69 Å². The van der Waals surface area contributed by atoms with Crippen LogP contribution in [-0.4, -0.2) is 6.10 Å². The molecule has 2 heteroatoms. The maximum Gasteiger partial charge on any atom is 0.127 e. The van der Waals surface area contributed by atoms with Crippen molar-refractivity contribution in [2.75, 3.05) is 5.73 Å². The maximum atomic E-state index is 6.10. The molecule has 94 valence electrons. The summed E-state index contributed by atoms with van der Waals surface area (Å²) in [6, 6.07) is 14.1. The predicted molar refractivity (Wildman–Crippen MR) is 76.8 cm³/mol. The van der Waals surface area contributed by atoms with Crippen molar-refractivity contribution in [1.82, 2.24) is 0 Å². The summed E-state index contributed by atoms with van der Waals surface area (Å²) < 4.78 is 5.83. The van der Waals surface area contributed by atoms with Gasteiger partial charge >= 0.3 is 0 Å². The monoisotopic (exact) mass is 241 g/mol. The van der Waals surface area contributed by atoms with Crippen LogP contribution in [0.3, 0.4) is 0 Å². The number of para-hydroxylation sites is 1. The van der Waals surface area contributed by atoms with Gasteiger partial charge in [0.2, 0.25) is 0 Å². The van der Waals surface area contributed by atoms with Crippen LogP contribution in [-0.2, 0) is 0 Å². The fourth-order valence-corrected chi connectivity index (χ4v) is 1.97. The Balaban J connectivity index is 2.49. The smallest absolute Gasteiger partial charge is 0.127 e. The standard InChI is InChI=1S/C16H19NO/c1-11(2)18-16-7-5-4-6-14(16)13-9-8-12(3)10-15(13)17/h4-11H,17H2,1-3H3. The third-order valence-corrected chi connectivity index (χ3v) is 2.75. The van der Waals surface area contributed by atoms with Gasteiger partial charge in [-0.2, -0.15) is 0 Å². The van der Waals surface area contributed by atoms with E-state index < -0.39 is 0 Å². The number of hydrogen-bond acceptors (Lipinski definition) is 2. The summed E-state index contributed by atoms with van der Waals surface area (Å²) in [6.45, 7) is 6.08. The Morgan fingerprint density at radius 2 is 1.72 bits per heavy atom. The molecule has 0 aromatic heterocycles. The Morgan fingerprint density at radius 3 is 2.39 bits per heavy atom. The lowest BCUT2D eigenvalue weighted by atomic mass is 10.0. The quantitative estimate of drug-likeness (QED) is 0.823. The minimum atomic E-state index is 0.151. The van der Waals surface area contributed by atoms with E-state index in [9.17, 15) is 0 Å². The lowest BCUT2D eigenvalue weighted by Gasteiger charge is -2.15. The number of ether oxygens (including phenoxy) is 1. The zero-order chi connectivity index (χ0) is 13.1. The second-order valence-corrected chi connectivity index (χ2v) is 4.75. The molecule has 2 nitrogen and oxygen atoms in total. The number of aryl methyl sites for hydroxylation is 1. The summed E-state index contributed by atoms with van der Waals surface area (Å²) >= 11 is 0. The summed E-state index contributed by atoms with van der Waals surface area (Å²) in [5.41, 5.74) is 10.1. The van der Waals surface area contributed by atoms with Crippen LogP contribution >= 0.6 is 0 Å². The van der Waals surface area contributed by atoms with E-state index in [1.165, 1.54) is 5.56 Å².